The number of aliphatic hydroxyl groups excluding tert-OH is 1. The summed E-state index contributed by atoms with van der Waals surface area (Å²) in [4.78, 5) is 2.00. The lowest BCUT2D eigenvalue weighted by Crippen LogP contribution is -2.26. The molecule has 0 saturated carbocycles. The van der Waals surface area contributed by atoms with Crippen LogP contribution in [0.25, 0.3) is 0 Å². The fourth-order valence-corrected chi connectivity index (χ4v) is 2.07. The summed E-state index contributed by atoms with van der Waals surface area (Å²) >= 11 is 0. The molecule has 1 atom stereocenters. The molecule has 1 rings (SSSR count). The molecule has 1 aromatic carbocycles. The van der Waals surface area contributed by atoms with Crippen LogP contribution < -0.4 is 10.2 Å². The second-order valence-corrected chi connectivity index (χ2v) is 4.75. The van der Waals surface area contributed by atoms with Gasteiger partial charge in [0.2, 0.25) is 0 Å². The minimum Gasteiger partial charge on any atom is -0.396 e. The molecule has 0 aliphatic heterocycles. The summed E-state index contributed by atoms with van der Waals surface area (Å²) in [5.41, 5.74) is 1.59. The number of benzene rings is 1. The predicted molar refractivity (Wildman–Crippen MR) is 78.0 cm³/mol. The van der Waals surface area contributed by atoms with Crippen molar-refractivity contribution < 1.29 is 9.50 Å². The zero-order valence-electron chi connectivity index (χ0n) is 12.1. The molecule has 2 N–H and O–H groups in total. The first kappa shape index (κ1) is 15.9. The van der Waals surface area contributed by atoms with Crippen LogP contribution in [0.2, 0.25) is 0 Å². The Labute approximate surface area is 115 Å². The monoisotopic (exact) mass is 268 g/mol. The maximum Gasteiger partial charge on any atom is 0.146 e. The second kappa shape index (κ2) is 8.12. The fraction of sp³-hybridized carbons (Fsp3) is 0.600. The first-order valence-electron chi connectivity index (χ1n) is 6.99. The Morgan fingerprint density at radius 3 is 2.53 bits per heavy atom. The Morgan fingerprint density at radius 1 is 1.32 bits per heavy atom. The summed E-state index contributed by atoms with van der Waals surface area (Å²) in [5, 5.41) is 12.1. The summed E-state index contributed by atoms with van der Waals surface area (Å²) < 4.78 is 14.0. The van der Waals surface area contributed by atoms with Crippen LogP contribution in [0.3, 0.4) is 0 Å². The third-order valence-electron chi connectivity index (χ3n) is 3.33. The molecule has 1 aromatic rings. The SMILES string of the molecule is CCN(CC)c1ccc(CNC(C)CCO)cc1F. The van der Waals surface area contributed by atoms with Crippen LogP contribution in [-0.2, 0) is 6.54 Å². The number of rotatable bonds is 8. The molecule has 0 aliphatic carbocycles. The molecule has 0 radical (unpaired) electrons. The van der Waals surface area contributed by atoms with Crippen LogP contribution in [0.5, 0.6) is 0 Å². The summed E-state index contributed by atoms with van der Waals surface area (Å²) in [6.07, 6.45) is 0.708. The molecule has 0 heterocycles. The largest absolute Gasteiger partial charge is 0.396 e. The van der Waals surface area contributed by atoms with E-state index in [1.165, 1.54) is 0 Å². The summed E-state index contributed by atoms with van der Waals surface area (Å²) in [6, 6.07) is 5.62. The number of nitrogens with one attached hydrogen (secondary N) is 1. The van der Waals surface area contributed by atoms with Crippen molar-refractivity contribution in [2.24, 2.45) is 0 Å². The van der Waals surface area contributed by atoms with Crippen molar-refractivity contribution in [3.8, 4) is 0 Å². The van der Waals surface area contributed by atoms with Gasteiger partial charge in [0, 0.05) is 32.3 Å². The predicted octanol–water partition coefficient (Wildman–Crippen LogP) is 2.53. The molecule has 0 aliphatic rings. The highest BCUT2D eigenvalue weighted by Gasteiger charge is 2.09. The molecule has 0 spiro atoms. The third-order valence-corrected chi connectivity index (χ3v) is 3.33. The van der Waals surface area contributed by atoms with Gasteiger partial charge in [-0.15, -0.1) is 0 Å². The number of anilines is 1. The van der Waals surface area contributed by atoms with Gasteiger partial charge in [-0.3, -0.25) is 0 Å². The first-order chi connectivity index (χ1) is 9.12. The van der Waals surface area contributed by atoms with Gasteiger partial charge >= 0.3 is 0 Å². The molecular weight excluding hydrogens is 243 g/mol. The minimum absolute atomic E-state index is 0.169. The molecule has 19 heavy (non-hydrogen) atoms. The van der Waals surface area contributed by atoms with E-state index < -0.39 is 0 Å². The lowest BCUT2D eigenvalue weighted by Gasteiger charge is -2.22. The van der Waals surface area contributed by atoms with Crippen LogP contribution in [0.4, 0.5) is 10.1 Å². The van der Waals surface area contributed by atoms with E-state index in [1.807, 2.05) is 37.8 Å². The number of hydrogen-bond donors (Lipinski definition) is 2. The summed E-state index contributed by atoms with van der Waals surface area (Å²) in [5.74, 6) is -0.169. The van der Waals surface area contributed by atoms with Gasteiger partial charge in [0.05, 0.1) is 5.69 Å². The molecule has 0 saturated heterocycles. The number of nitrogens with zero attached hydrogens (tertiary/aromatic N) is 1. The van der Waals surface area contributed by atoms with E-state index >= 15 is 0 Å². The van der Waals surface area contributed by atoms with Gasteiger partial charge in [-0.05, 0) is 44.9 Å². The summed E-state index contributed by atoms with van der Waals surface area (Å²) in [7, 11) is 0. The van der Waals surface area contributed by atoms with Crippen LogP contribution in [0, 0.1) is 5.82 Å². The highest BCUT2D eigenvalue weighted by molar-refractivity contribution is 5.49. The lowest BCUT2D eigenvalue weighted by molar-refractivity contribution is 0.268. The molecule has 0 fully saturated rings. The van der Waals surface area contributed by atoms with Gasteiger partial charge in [-0.25, -0.2) is 4.39 Å². The van der Waals surface area contributed by atoms with Gasteiger partial charge in [0.25, 0.3) is 0 Å². The normalized spacial score (nSPS) is 12.5. The van der Waals surface area contributed by atoms with E-state index in [4.69, 9.17) is 5.11 Å². The van der Waals surface area contributed by atoms with Gasteiger partial charge in [-0.1, -0.05) is 6.07 Å². The van der Waals surface area contributed by atoms with Crippen LogP contribution >= 0.6 is 0 Å². The molecule has 0 amide bonds. The van der Waals surface area contributed by atoms with Crippen molar-refractivity contribution in [1.82, 2.24) is 5.32 Å². The Morgan fingerprint density at radius 2 is 2.00 bits per heavy atom. The van der Waals surface area contributed by atoms with Crippen molar-refractivity contribution in [3.63, 3.8) is 0 Å². The molecule has 1 unspecified atom stereocenters. The zero-order valence-corrected chi connectivity index (χ0v) is 12.1. The van der Waals surface area contributed by atoms with Crippen molar-refractivity contribution in [2.75, 3.05) is 24.6 Å². The van der Waals surface area contributed by atoms with Crippen LogP contribution in [-0.4, -0.2) is 30.8 Å². The maximum absolute atomic E-state index is 14.0. The van der Waals surface area contributed by atoms with Crippen molar-refractivity contribution in [2.45, 2.75) is 39.8 Å². The highest BCUT2D eigenvalue weighted by Crippen LogP contribution is 2.20. The smallest absolute Gasteiger partial charge is 0.146 e. The van der Waals surface area contributed by atoms with Gasteiger partial charge in [0.1, 0.15) is 5.82 Å². The molecule has 4 heteroatoms. The van der Waals surface area contributed by atoms with E-state index in [9.17, 15) is 4.39 Å². The topological polar surface area (TPSA) is 35.5 Å². The Kier molecular flexibility index (Phi) is 6.81. The van der Waals surface area contributed by atoms with E-state index in [2.05, 4.69) is 5.32 Å². The Balaban J connectivity index is 2.66. The van der Waals surface area contributed by atoms with Gasteiger partial charge in [0.15, 0.2) is 0 Å². The Bertz CT molecular complexity index is 380. The molecule has 3 nitrogen and oxygen atoms in total. The zero-order chi connectivity index (χ0) is 14.3. The maximum atomic E-state index is 14.0. The average Bonchev–Trinajstić information content (AvgIpc) is 2.40. The summed E-state index contributed by atoms with van der Waals surface area (Å²) in [6.45, 7) is 8.46. The van der Waals surface area contributed by atoms with Crippen molar-refractivity contribution >= 4 is 5.69 Å². The van der Waals surface area contributed by atoms with Crippen molar-refractivity contribution in [3.05, 3.63) is 29.6 Å². The molecule has 0 aromatic heterocycles. The second-order valence-electron chi connectivity index (χ2n) is 4.75. The van der Waals surface area contributed by atoms with E-state index in [-0.39, 0.29) is 18.5 Å². The van der Waals surface area contributed by atoms with E-state index in [0.717, 1.165) is 18.7 Å². The van der Waals surface area contributed by atoms with E-state index in [1.54, 1.807) is 6.07 Å². The van der Waals surface area contributed by atoms with Crippen molar-refractivity contribution in [1.29, 1.82) is 0 Å². The Hall–Kier alpha value is -1.13. The van der Waals surface area contributed by atoms with Crippen LogP contribution in [0.1, 0.15) is 32.8 Å². The first-order valence-corrected chi connectivity index (χ1v) is 6.99. The standard InChI is InChI=1S/C15H25FN2O/c1-4-18(5-2)15-7-6-13(10-14(15)16)11-17-12(3)8-9-19/h6-7,10,12,17,19H,4-5,8-9,11H2,1-3H3. The van der Waals surface area contributed by atoms with Crippen LogP contribution in [0.15, 0.2) is 18.2 Å². The molecule has 108 valence electrons. The number of hydrogen-bond acceptors (Lipinski definition) is 3. The quantitative estimate of drug-likeness (QED) is 0.760. The highest BCUT2D eigenvalue weighted by atomic mass is 19.1. The molecule has 0 bridgehead atoms. The minimum atomic E-state index is -0.169. The van der Waals surface area contributed by atoms with E-state index in [0.29, 0.717) is 18.7 Å². The molecular formula is C15H25FN2O. The number of halogens is 1. The van der Waals surface area contributed by atoms with Gasteiger partial charge in [-0.2, -0.15) is 0 Å². The van der Waals surface area contributed by atoms with Gasteiger partial charge < -0.3 is 15.3 Å². The lowest BCUT2D eigenvalue weighted by atomic mass is 10.1. The fourth-order valence-electron chi connectivity index (χ4n) is 2.07. The average molecular weight is 268 g/mol. The third kappa shape index (κ3) is 4.80. The number of aliphatic hydroxyl groups is 1.